The Hall–Kier alpha value is -2.78. The molecule has 0 atom stereocenters. The lowest BCUT2D eigenvalue weighted by Gasteiger charge is -2.08. The molecule has 1 aromatic rings. The topological polar surface area (TPSA) is 139 Å². The number of nitro groups is 3. The Labute approximate surface area is 118 Å². The summed E-state index contributed by atoms with van der Waals surface area (Å²) in [6.45, 7) is 1.82. The summed E-state index contributed by atoms with van der Waals surface area (Å²) in [7, 11) is 1.05. The van der Waals surface area contributed by atoms with E-state index < -0.39 is 37.6 Å². The van der Waals surface area contributed by atoms with Gasteiger partial charge in [0.25, 0.3) is 11.4 Å². The van der Waals surface area contributed by atoms with Crippen LogP contribution in [0.3, 0.4) is 0 Å². The first-order chi connectivity index (χ1) is 9.84. The number of benzene rings is 1. The van der Waals surface area contributed by atoms with Crippen molar-refractivity contribution < 1.29 is 19.5 Å². The smallest absolute Gasteiger partial charge is 0.328 e. The summed E-state index contributed by atoms with van der Waals surface area (Å²) >= 11 is 0. The first kappa shape index (κ1) is 16.3. The lowest BCUT2D eigenvalue weighted by molar-refractivity contribution is -0.405. The van der Waals surface area contributed by atoms with E-state index in [4.69, 9.17) is 4.74 Å². The Bertz CT molecular complexity index is 600. The summed E-state index contributed by atoms with van der Waals surface area (Å²) in [5, 5.41) is 33.2. The normalized spacial score (nSPS) is 10.2. The molecule has 0 unspecified atom stereocenters. The molecule has 0 heterocycles. The Morgan fingerprint density at radius 2 is 1.62 bits per heavy atom. The van der Waals surface area contributed by atoms with E-state index in [2.05, 4.69) is 0 Å². The quantitative estimate of drug-likeness (QED) is 0.557. The van der Waals surface area contributed by atoms with Crippen molar-refractivity contribution in [2.75, 3.05) is 7.11 Å². The van der Waals surface area contributed by atoms with Gasteiger partial charge in [-0.25, -0.2) is 0 Å². The maximum atomic E-state index is 11.2. The third kappa shape index (κ3) is 3.22. The molecule has 0 saturated carbocycles. The van der Waals surface area contributed by atoms with Gasteiger partial charge >= 0.3 is 11.4 Å². The second-order valence-electron chi connectivity index (χ2n) is 4.15. The van der Waals surface area contributed by atoms with Crippen LogP contribution in [0.15, 0.2) is 6.07 Å². The molecule has 10 heteroatoms. The van der Waals surface area contributed by atoms with Crippen LogP contribution in [-0.2, 0) is 6.42 Å². The van der Waals surface area contributed by atoms with Crippen LogP contribution in [0.2, 0.25) is 0 Å². The van der Waals surface area contributed by atoms with Crippen LogP contribution in [0.1, 0.15) is 25.3 Å². The van der Waals surface area contributed by atoms with Crippen molar-refractivity contribution in [2.24, 2.45) is 0 Å². The molecule has 1 rings (SSSR count). The van der Waals surface area contributed by atoms with Crippen LogP contribution in [0.25, 0.3) is 0 Å². The van der Waals surface area contributed by atoms with E-state index in [1.165, 1.54) is 0 Å². The average molecular weight is 299 g/mol. The fraction of sp³-hybridized carbons (Fsp3) is 0.455. The second-order valence-corrected chi connectivity index (χ2v) is 4.15. The predicted octanol–water partition coefficient (Wildman–Crippen LogP) is 2.76. The van der Waals surface area contributed by atoms with Gasteiger partial charge in [0.1, 0.15) is 5.56 Å². The zero-order valence-electron chi connectivity index (χ0n) is 11.4. The molecule has 10 nitrogen and oxygen atoms in total. The van der Waals surface area contributed by atoms with Gasteiger partial charge < -0.3 is 4.74 Å². The number of methoxy groups -OCH3 is 1. The summed E-state index contributed by atoms with van der Waals surface area (Å²) in [4.78, 5) is 30.5. The molecule has 21 heavy (non-hydrogen) atoms. The summed E-state index contributed by atoms with van der Waals surface area (Å²) in [6, 6.07) is 0.705. The number of nitro benzene ring substituents is 3. The summed E-state index contributed by atoms with van der Waals surface area (Å²) in [6.07, 6.45) is 1.20. The van der Waals surface area contributed by atoms with Crippen LogP contribution in [0, 0.1) is 30.3 Å². The van der Waals surface area contributed by atoms with E-state index in [0.29, 0.717) is 18.9 Å². The van der Waals surface area contributed by atoms with Crippen LogP contribution in [-0.4, -0.2) is 21.9 Å². The van der Waals surface area contributed by atoms with Gasteiger partial charge in [0.15, 0.2) is 0 Å². The standard InChI is InChI=1S/C11H13N3O7/c1-3-4-5-7-8(12(15)16)6-9(13(17)18)11(21-2)10(7)14(19)20/h6H,3-5H2,1-2H3. The van der Waals surface area contributed by atoms with Crippen molar-refractivity contribution in [3.8, 4) is 5.75 Å². The van der Waals surface area contributed by atoms with E-state index in [9.17, 15) is 30.3 Å². The maximum absolute atomic E-state index is 11.2. The van der Waals surface area contributed by atoms with Crippen LogP contribution in [0.5, 0.6) is 5.75 Å². The van der Waals surface area contributed by atoms with Gasteiger partial charge in [-0.1, -0.05) is 13.3 Å². The zero-order valence-corrected chi connectivity index (χ0v) is 11.4. The van der Waals surface area contributed by atoms with Crippen molar-refractivity contribution in [1.29, 1.82) is 0 Å². The van der Waals surface area contributed by atoms with Crippen molar-refractivity contribution in [3.05, 3.63) is 42.0 Å². The number of hydrogen-bond donors (Lipinski definition) is 0. The average Bonchev–Trinajstić information content (AvgIpc) is 2.42. The Kier molecular flexibility index (Phi) is 5.11. The molecular weight excluding hydrogens is 286 g/mol. The maximum Gasteiger partial charge on any atom is 0.328 e. The van der Waals surface area contributed by atoms with Gasteiger partial charge in [0.05, 0.1) is 27.9 Å². The van der Waals surface area contributed by atoms with Gasteiger partial charge in [0.2, 0.25) is 0 Å². The number of ether oxygens (including phenoxy) is 1. The zero-order chi connectivity index (χ0) is 16.2. The molecule has 0 saturated heterocycles. The molecule has 0 aliphatic carbocycles. The van der Waals surface area contributed by atoms with Crippen molar-refractivity contribution in [3.63, 3.8) is 0 Å². The number of hydrogen-bond acceptors (Lipinski definition) is 7. The van der Waals surface area contributed by atoms with Crippen molar-refractivity contribution in [1.82, 2.24) is 0 Å². The monoisotopic (exact) mass is 299 g/mol. The molecule has 0 N–H and O–H groups in total. The van der Waals surface area contributed by atoms with Crippen molar-refractivity contribution >= 4 is 17.1 Å². The predicted molar refractivity (Wildman–Crippen MR) is 71.6 cm³/mol. The van der Waals surface area contributed by atoms with E-state index in [1.54, 1.807) is 0 Å². The van der Waals surface area contributed by atoms with Crippen molar-refractivity contribution in [2.45, 2.75) is 26.2 Å². The van der Waals surface area contributed by atoms with E-state index in [0.717, 1.165) is 7.11 Å². The van der Waals surface area contributed by atoms with Gasteiger partial charge in [-0.3, -0.25) is 30.3 Å². The number of rotatable bonds is 7. The van der Waals surface area contributed by atoms with E-state index in [-0.39, 0.29) is 12.0 Å². The Morgan fingerprint density at radius 1 is 1.05 bits per heavy atom. The first-order valence-electron chi connectivity index (χ1n) is 6.02. The summed E-state index contributed by atoms with van der Waals surface area (Å²) in [5.74, 6) is -0.568. The molecule has 0 bridgehead atoms. The highest BCUT2D eigenvalue weighted by Gasteiger charge is 2.37. The molecule has 0 radical (unpaired) electrons. The third-order valence-corrected chi connectivity index (χ3v) is 2.88. The molecule has 114 valence electrons. The molecule has 0 spiro atoms. The molecule has 0 aliphatic rings. The number of nitrogens with zero attached hydrogens (tertiary/aromatic N) is 3. The van der Waals surface area contributed by atoms with E-state index >= 15 is 0 Å². The summed E-state index contributed by atoms with van der Waals surface area (Å²) < 4.78 is 4.75. The molecule has 0 aliphatic heterocycles. The first-order valence-corrected chi connectivity index (χ1v) is 6.02. The highest BCUT2D eigenvalue weighted by atomic mass is 16.6. The van der Waals surface area contributed by atoms with E-state index in [1.807, 2.05) is 6.92 Å². The fourth-order valence-corrected chi connectivity index (χ4v) is 1.95. The summed E-state index contributed by atoms with van der Waals surface area (Å²) in [5.41, 5.74) is -2.31. The minimum atomic E-state index is -0.942. The van der Waals surface area contributed by atoms with Crippen LogP contribution < -0.4 is 4.74 Å². The molecule has 0 fully saturated rings. The Morgan fingerprint density at radius 3 is 2.00 bits per heavy atom. The molecule has 0 aromatic heterocycles. The molecule has 1 aromatic carbocycles. The lowest BCUT2D eigenvalue weighted by Crippen LogP contribution is -2.06. The second kappa shape index (κ2) is 6.59. The largest absolute Gasteiger partial charge is 0.485 e. The Balaban J connectivity index is 3.76. The van der Waals surface area contributed by atoms with Gasteiger partial charge in [-0.05, 0) is 12.8 Å². The minimum absolute atomic E-state index is 0.0669. The van der Waals surface area contributed by atoms with Crippen LogP contribution >= 0.6 is 0 Å². The fourth-order valence-electron chi connectivity index (χ4n) is 1.95. The minimum Gasteiger partial charge on any atom is -0.485 e. The van der Waals surface area contributed by atoms with Crippen LogP contribution in [0.4, 0.5) is 17.1 Å². The SMILES string of the molecule is CCCCc1c([N+](=O)[O-])cc([N+](=O)[O-])c(OC)c1[N+](=O)[O-]. The number of unbranched alkanes of at least 4 members (excludes halogenated alkanes) is 1. The third-order valence-electron chi connectivity index (χ3n) is 2.88. The van der Waals surface area contributed by atoms with Gasteiger partial charge in [-0.15, -0.1) is 0 Å². The highest BCUT2D eigenvalue weighted by Crippen LogP contribution is 2.44. The van der Waals surface area contributed by atoms with Gasteiger partial charge in [0, 0.05) is 0 Å². The molecular formula is C11H13N3O7. The lowest BCUT2D eigenvalue weighted by atomic mass is 10.0. The van der Waals surface area contributed by atoms with Gasteiger partial charge in [-0.2, -0.15) is 0 Å². The highest BCUT2D eigenvalue weighted by molar-refractivity contribution is 5.71. The molecule has 0 amide bonds.